The van der Waals surface area contributed by atoms with Crippen molar-refractivity contribution in [2.45, 2.75) is 35.6 Å². The third-order valence-electron chi connectivity index (χ3n) is 5.85. The molecule has 0 heterocycles. The molecule has 0 fully saturated rings. The van der Waals surface area contributed by atoms with E-state index in [1.165, 1.54) is 24.3 Å². The molecule has 1 amide bonds. The monoisotopic (exact) mass is 636 g/mol. The highest BCUT2D eigenvalue weighted by molar-refractivity contribution is 7.89. The number of hydrogen-bond acceptors (Lipinski definition) is 5. The number of rotatable bonds is 13. The minimum atomic E-state index is -5.80. The summed E-state index contributed by atoms with van der Waals surface area (Å²) >= 11 is 0. The zero-order chi connectivity index (χ0) is 31.2. The van der Waals surface area contributed by atoms with Crippen molar-refractivity contribution in [1.82, 2.24) is 10.0 Å². The van der Waals surface area contributed by atoms with Gasteiger partial charge in [0.25, 0.3) is 0 Å². The van der Waals surface area contributed by atoms with Crippen LogP contribution < -0.4 is 14.8 Å². The maximum absolute atomic E-state index is 14.0. The SMILES string of the molecule is O=C(NCCCOc1ccc(C(F)(F)F)cc1)C(Cc1ccc(C(F)(F)P(=O)(O)O)cc1)NS(=O)(=O)c1ccccc1. The number of carbonyl (C=O) groups excluding carboxylic acids is 1. The van der Waals surface area contributed by atoms with Gasteiger partial charge in [-0.15, -0.1) is 0 Å². The molecule has 0 aliphatic heterocycles. The normalized spacial score (nSPS) is 13.4. The topological polar surface area (TPSA) is 142 Å². The van der Waals surface area contributed by atoms with Gasteiger partial charge in [0.15, 0.2) is 0 Å². The summed E-state index contributed by atoms with van der Waals surface area (Å²) in [5.74, 6) is -0.593. The average molecular weight is 637 g/mol. The van der Waals surface area contributed by atoms with E-state index >= 15 is 0 Å². The first-order chi connectivity index (χ1) is 19.5. The molecule has 0 aliphatic carbocycles. The third-order valence-corrected chi connectivity index (χ3v) is 8.32. The Kier molecular flexibility index (Phi) is 10.5. The maximum atomic E-state index is 14.0. The van der Waals surface area contributed by atoms with Gasteiger partial charge in [-0.1, -0.05) is 42.5 Å². The van der Waals surface area contributed by atoms with Gasteiger partial charge < -0.3 is 19.8 Å². The number of halogens is 5. The van der Waals surface area contributed by atoms with E-state index in [0.717, 1.165) is 48.5 Å². The molecule has 3 rings (SSSR count). The third kappa shape index (κ3) is 8.82. The minimum Gasteiger partial charge on any atom is -0.494 e. The largest absolute Gasteiger partial charge is 0.494 e. The van der Waals surface area contributed by atoms with Crippen LogP contribution in [0.2, 0.25) is 0 Å². The second kappa shape index (κ2) is 13.3. The van der Waals surface area contributed by atoms with Crippen molar-refractivity contribution in [3.63, 3.8) is 0 Å². The van der Waals surface area contributed by atoms with Crippen LogP contribution in [0.3, 0.4) is 0 Å². The summed E-state index contributed by atoms with van der Waals surface area (Å²) in [5, 5.41) is 2.53. The lowest BCUT2D eigenvalue weighted by atomic mass is 10.0. The highest BCUT2D eigenvalue weighted by Gasteiger charge is 2.50. The van der Waals surface area contributed by atoms with Crippen molar-refractivity contribution < 1.29 is 54.3 Å². The average Bonchev–Trinajstić information content (AvgIpc) is 2.92. The molecule has 0 saturated carbocycles. The predicted molar refractivity (Wildman–Crippen MR) is 141 cm³/mol. The molecule has 228 valence electrons. The van der Waals surface area contributed by atoms with Crippen LogP contribution in [0.1, 0.15) is 23.1 Å². The lowest BCUT2D eigenvalue weighted by Gasteiger charge is -2.20. The molecule has 0 radical (unpaired) electrons. The molecule has 9 nitrogen and oxygen atoms in total. The van der Waals surface area contributed by atoms with E-state index in [0.29, 0.717) is 0 Å². The van der Waals surface area contributed by atoms with Crippen LogP contribution in [0, 0.1) is 0 Å². The molecule has 1 unspecified atom stereocenters. The Hall–Kier alpha value is -3.36. The van der Waals surface area contributed by atoms with Gasteiger partial charge in [-0.3, -0.25) is 9.36 Å². The fraction of sp³-hybridized carbons (Fsp3) is 0.269. The summed E-state index contributed by atoms with van der Waals surface area (Å²) < 4.78 is 111. The smallest absolute Gasteiger partial charge is 0.416 e. The summed E-state index contributed by atoms with van der Waals surface area (Å²) in [6.45, 7) is 0.0117. The molecule has 0 spiro atoms. The number of nitrogens with one attached hydrogen (secondary N) is 2. The van der Waals surface area contributed by atoms with E-state index in [2.05, 4.69) is 10.0 Å². The summed E-state index contributed by atoms with van der Waals surface area (Å²) in [6.07, 6.45) is -4.59. The number of ether oxygens (including phenoxy) is 1. The number of sulfonamides is 1. The lowest BCUT2D eigenvalue weighted by molar-refractivity contribution is -0.137. The molecule has 1 atom stereocenters. The first-order valence-electron chi connectivity index (χ1n) is 12.2. The predicted octanol–water partition coefficient (Wildman–Crippen LogP) is 4.41. The summed E-state index contributed by atoms with van der Waals surface area (Å²) in [4.78, 5) is 30.7. The number of alkyl halides is 5. The van der Waals surface area contributed by atoms with E-state index in [-0.39, 0.29) is 42.2 Å². The number of hydrogen-bond donors (Lipinski definition) is 4. The van der Waals surface area contributed by atoms with Gasteiger partial charge >= 0.3 is 19.4 Å². The first-order valence-corrected chi connectivity index (χ1v) is 15.3. The standard InChI is InChI=1S/C26H26F5N2O7PS/c27-25(28,29)19-11-13-21(14-12-19)40-16-4-15-32-24(34)23(33-42(38,39)22-5-2-1-3-6-22)17-18-7-9-20(10-8-18)26(30,31)41(35,36)37/h1-3,5-14,23,33H,4,15-17H2,(H,32,34)(H2,35,36,37). The van der Waals surface area contributed by atoms with Gasteiger partial charge in [0.05, 0.1) is 17.1 Å². The van der Waals surface area contributed by atoms with Crippen LogP contribution in [-0.2, 0) is 37.6 Å². The van der Waals surface area contributed by atoms with Crippen molar-refractivity contribution in [2.24, 2.45) is 0 Å². The van der Waals surface area contributed by atoms with Crippen LogP contribution in [0.15, 0.2) is 83.8 Å². The second-order valence-electron chi connectivity index (χ2n) is 8.99. The number of benzene rings is 3. The van der Waals surface area contributed by atoms with Crippen molar-refractivity contribution in [3.05, 3.63) is 95.6 Å². The van der Waals surface area contributed by atoms with Crippen molar-refractivity contribution in [3.8, 4) is 5.75 Å². The van der Waals surface area contributed by atoms with Crippen LogP contribution >= 0.6 is 7.60 Å². The fourth-order valence-electron chi connectivity index (χ4n) is 3.63. The summed E-state index contributed by atoms with van der Waals surface area (Å²) in [5.41, 5.74) is -6.03. The van der Waals surface area contributed by atoms with E-state index in [1.807, 2.05) is 0 Å². The Bertz CT molecular complexity index is 1500. The van der Waals surface area contributed by atoms with Gasteiger partial charge in [-0.05, 0) is 54.8 Å². The van der Waals surface area contributed by atoms with Crippen LogP contribution in [0.5, 0.6) is 5.75 Å². The van der Waals surface area contributed by atoms with Crippen molar-refractivity contribution in [2.75, 3.05) is 13.2 Å². The molecule has 3 aromatic carbocycles. The molecule has 0 aliphatic rings. The quantitative estimate of drug-likeness (QED) is 0.124. The van der Waals surface area contributed by atoms with E-state index < -0.39 is 52.5 Å². The molecule has 4 N–H and O–H groups in total. The molecule has 42 heavy (non-hydrogen) atoms. The zero-order valence-electron chi connectivity index (χ0n) is 21.6. The highest BCUT2D eigenvalue weighted by Crippen LogP contribution is 2.59. The van der Waals surface area contributed by atoms with Gasteiger partial charge in [0.1, 0.15) is 11.8 Å². The molecular weight excluding hydrogens is 610 g/mol. The molecule has 16 heteroatoms. The summed E-state index contributed by atoms with van der Waals surface area (Å²) in [7, 11) is -10.0. The van der Waals surface area contributed by atoms with Crippen molar-refractivity contribution in [1.29, 1.82) is 0 Å². The van der Waals surface area contributed by atoms with E-state index in [4.69, 9.17) is 14.5 Å². The van der Waals surface area contributed by atoms with Crippen LogP contribution in [0.4, 0.5) is 22.0 Å². The maximum Gasteiger partial charge on any atom is 0.416 e. The Morgan fingerprint density at radius 3 is 2.00 bits per heavy atom. The van der Waals surface area contributed by atoms with E-state index in [1.54, 1.807) is 6.07 Å². The fourth-order valence-corrected chi connectivity index (χ4v) is 5.33. The van der Waals surface area contributed by atoms with Gasteiger partial charge in [-0.25, -0.2) is 8.42 Å². The van der Waals surface area contributed by atoms with Crippen LogP contribution in [-0.4, -0.2) is 43.3 Å². The molecule has 0 aromatic heterocycles. The van der Waals surface area contributed by atoms with Gasteiger partial charge in [0.2, 0.25) is 15.9 Å². The van der Waals surface area contributed by atoms with Crippen LogP contribution in [0.25, 0.3) is 0 Å². The lowest BCUT2D eigenvalue weighted by Crippen LogP contribution is -2.48. The highest BCUT2D eigenvalue weighted by atomic mass is 32.2. The Morgan fingerprint density at radius 1 is 0.881 bits per heavy atom. The van der Waals surface area contributed by atoms with Crippen molar-refractivity contribution >= 4 is 23.5 Å². The van der Waals surface area contributed by atoms with Gasteiger partial charge in [0, 0.05) is 12.1 Å². The summed E-state index contributed by atoms with van der Waals surface area (Å²) in [6, 6.07) is 13.5. The first kappa shape index (κ1) is 33.1. The Morgan fingerprint density at radius 2 is 1.45 bits per heavy atom. The van der Waals surface area contributed by atoms with Gasteiger partial charge in [-0.2, -0.15) is 26.7 Å². The molecule has 3 aromatic rings. The Balaban J connectivity index is 1.66. The zero-order valence-corrected chi connectivity index (χ0v) is 23.3. The van der Waals surface area contributed by atoms with E-state index in [9.17, 15) is 39.7 Å². The second-order valence-corrected chi connectivity index (χ2v) is 12.4. The minimum absolute atomic E-state index is 0.00349. The Labute approximate surface area is 237 Å². The molecule has 0 saturated heterocycles. The molecule has 0 bridgehead atoms. The number of carbonyl (C=O) groups is 1. The number of amides is 1. The molecular formula is C26H26F5N2O7PS.